The molecule has 1 aliphatic rings. The van der Waals surface area contributed by atoms with E-state index in [0.29, 0.717) is 0 Å². The third kappa shape index (κ3) is 24.5. The van der Waals surface area contributed by atoms with Crippen LogP contribution < -0.4 is 42.6 Å². The van der Waals surface area contributed by atoms with E-state index >= 15 is 0 Å². The Hall–Kier alpha value is -1.86. The topological polar surface area (TPSA) is 270 Å². The van der Waals surface area contributed by atoms with Gasteiger partial charge in [0.05, 0.1) is 28.6 Å². The maximum absolute atomic E-state index is 10.0. The SMILES string of the molecule is CC(=N)NC(C)=O.CC(C)(C)N1Cc2cccc(n2)CN(C(C)(C)C)Cc2cccc(n2)C1.[Cu+2].[O-][Cl+3]([O-])([O-])[O-].[O-][Cl+3]([O-])([O-])[O-]. The van der Waals surface area contributed by atoms with E-state index in [9.17, 15) is 4.79 Å². The zero-order valence-corrected chi connectivity index (χ0v) is 28.3. The molecular weight excluding hydrogens is 675 g/mol. The summed E-state index contributed by atoms with van der Waals surface area (Å²) in [5.41, 5.74) is 4.62. The number of hydrogen-bond acceptors (Lipinski definition) is 14. The first kappa shape index (κ1) is 44.3. The van der Waals surface area contributed by atoms with E-state index in [2.05, 4.69) is 93.1 Å². The molecule has 0 saturated heterocycles. The minimum Gasteiger partial charge on any atom is -0.315 e. The Bertz CT molecular complexity index is 1030. The molecule has 4 bridgehead atoms. The Kier molecular flexibility index (Phi) is 19.1. The summed E-state index contributed by atoms with van der Waals surface area (Å²) in [4.78, 5) is 24.8. The van der Waals surface area contributed by atoms with Crippen molar-refractivity contribution in [2.45, 2.75) is 92.6 Å². The number of rotatable bonds is 0. The second kappa shape index (κ2) is 19.0. The van der Waals surface area contributed by atoms with E-state index in [0.717, 1.165) is 49.0 Å². The zero-order valence-electron chi connectivity index (χ0n) is 25.8. The average molecular weight is 715 g/mol. The third-order valence-electron chi connectivity index (χ3n) is 5.40. The molecule has 0 atom stereocenters. The van der Waals surface area contributed by atoms with Crippen LogP contribution in [0.2, 0.25) is 0 Å². The van der Waals surface area contributed by atoms with Gasteiger partial charge in [-0.1, -0.05) is 12.1 Å². The number of amidine groups is 1. The van der Waals surface area contributed by atoms with E-state index in [1.807, 2.05) is 0 Å². The van der Waals surface area contributed by atoms with Crippen LogP contribution in [0, 0.1) is 25.9 Å². The molecule has 0 spiro atoms. The average Bonchev–Trinajstić information content (AvgIpc) is 2.74. The van der Waals surface area contributed by atoms with Crippen LogP contribution in [0.5, 0.6) is 0 Å². The summed E-state index contributed by atoms with van der Waals surface area (Å²) in [6.45, 7) is 19.8. The molecule has 0 aromatic carbocycles. The number of nitrogens with one attached hydrogen (secondary N) is 2. The fourth-order valence-electron chi connectivity index (χ4n) is 3.52. The standard InChI is InChI=1S/C22H32N4.C4H8N2O.2ClHO4.Cu/c1-21(2,3)25-13-17-9-7-11-19(23-17)15-26(22(4,5)6)16-20-12-8-10-18(14-25)24-20;1-3(5)6-4(2)7;2*2-1(3,4)5;/h7-12H,13-16H2,1-6H3;1-2H3,(H2,5,6,7);2*(H,2,3,4,5);/q;;;;+2/p-2. The summed E-state index contributed by atoms with van der Waals surface area (Å²) in [7, 11) is -9.89. The molecule has 15 nitrogen and oxygen atoms in total. The van der Waals surface area contributed by atoms with Crippen molar-refractivity contribution in [3.05, 3.63) is 59.2 Å². The molecule has 2 aromatic heterocycles. The molecule has 44 heavy (non-hydrogen) atoms. The van der Waals surface area contributed by atoms with E-state index in [-0.39, 0.29) is 39.9 Å². The molecule has 18 heteroatoms. The fourth-order valence-corrected chi connectivity index (χ4v) is 3.52. The summed E-state index contributed by atoms with van der Waals surface area (Å²) in [6, 6.07) is 12.8. The molecule has 0 unspecified atom stereocenters. The van der Waals surface area contributed by atoms with Gasteiger partial charge in [0.15, 0.2) is 0 Å². The number of pyridine rings is 2. The molecule has 0 fully saturated rings. The van der Waals surface area contributed by atoms with Crippen LogP contribution in [-0.4, -0.2) is 42.6 Å². The van der Waals surface area contributed by atoms with Crippen molar-refractivity contribution in [2.24, 2.45) is 0 Å². The van der Waals surface area contributed by atoms with Gasteiger partial charge >= 0.3 is 17.1 Å². The van der Waals surface area contributed by atoms with Crippen LogP contribution in [0.4, 0.5) is 0 Å². The van der Waals surface area contributed by atoms with Crippen LogP contribution >= 0.6 is 0 Å². The van der Waals surface area contributed by atoms with Crippen LogP contribution in [0.1, 0.15) is 78.2 Å². The number of aromatic nitrogens is 2. The number of hydrogen-bond donors (Lipinski definition) is 2. The fraction of sp³-hybridized carbons (Fsp3) is 0.538. The molecule has 0 aliphatic carbocycles. The third-order valence-corrected chi connectivity index (χ3v) is 5.40. The van der Waals surface area contributed by atoms with Gasteiger partial charge in [-0.25, -0.2) is 37.3 Å². The Labute approximate surface area is 273 Å². The Morgan fingerprint density at radius 1 is 0.682 bits per heavy atom. The van der Waals surface area contributed by atoms with Crippen LogP contribution in [0.25, 0.3) is 0 Å². The van der Waals surface area contributed by atoms with Crippen molar-refractivity contribution in [2.75, 3.05) is 0 Å². The van der Waals surface area contributed by atoms with Gasteiger partial charge in [0.1, 0.15) is 0 Å². The molecule has 2 N–H and O–H groups in total. The van der Waals surface area contributed by atoms with Crippen molar-refractivity contribution >= 4 is 11.7 Å². The van der Waals surface area contributed by atoms with E-state index in [1.54, 1.807) is 0 Å². The Balaban J connectivity index is 0. The molecule has 1 radical (unpaired) electrons. The number of nitrogens with zero attached hydrogens (tertiary/aromatic N) is 4. The molecular formula is C26H40Cl2CuN6O9. The van der Waals surface area contributed by atoms with Crippen molar-refractivity contribution in [3.63, 3.8) is 0 Å². The number of fused-ring (bicyclic) bond motifs is 4. The predicted octanol–water partition coefficient (Wildman–Crippen LogP) is -5.00. The largest absolute Gasteiger partial charge is 2.00 e. The summed E-state index contributed by atoms with van der Waals surface area (Å²) < 4.78 is 67.9. The van der Waals surface area contributed by atoms with Gasteiger partial charge in [-0.15, -0.1) is 20.5 Å². The van der Waals surface area contributed by atoms with Gasteiger partial charge < -0.3 is 5.32 Å². The Morgan fingerprint density at radius 3 is 1.05 bits per heavy atom. The van der Waals surface area contributed by atoms with Gasteiger partial charge in [-0.05, 0) is 72.7 Å². The van der Waals surface area contributed by atoms with Gasteiger partial charge in [-0.3, -0.25) is 30.0 Å². The van der Waals surface area contributed by atoms with Crippen molar-refractivity contribution < 1.29 is 79.6 Å². The summed E-state index contributed by atoms with van der Waals surface area (Å²) in [6.07, 6.45) is 0. The maximum atomic E-state index is 10.0. The Morgan fingerprint density at radius 2 is 0.909 bits per heavy atom. The molecule has 3 rings (SSSR count). The molecule has 1 amide bonds. The molecule has 3 heterocycles. The molecule has 1 aliphatic heterocycles. The first-order valence-corrected chi connectivity index (χ1v) is 15.2. The quantitative estimate of drug-likeness (QED) is 0.147. The second-order valence-corrected chi connectivity index (χ2v) is 12.9. The monoisotopic (exact) mass is 713 g/mol. The number of halogens is 2. The minimum absolute atomic E-state index is 0. The number of carbonyl (C=O) groups is 1. The van der Waals surface area contributed by atoms with Crippen LogP contribution in [0.3, 0.4) is 0 Å². The summed E-state index contributed by atoms with van der Waals surface area (Å²) >= 11 is 0. The number of amides is 1. The van der Waals surface area contributed by atoms with Gasteiger partial charge in [0, 0.05) is 44.2 Å². The second-order valence-electron chi connectivity index (χ2n) is 11.4. The molecule has 253 valence electrons. The van der Waals surface area contributed by atoms with E-state index < -0.39 is 20.5 Å². The number of carbonyl (C=O) groups excluding carboxylic acids is 1. The normalized spacial score (nSPS) is 14.3. The van der Waals surface area contributed by atoms with Crippen molar-refractivity contribution in [1.29, 1.82) is 5.41 Å². The zero-order chi connectivity index (χ0) is 33.8. The molecule has 2 aromatic rings. The van der Waals surface area contributed by atoms with Gasteiger partial charge in [0.25, 0.3) is 0 Å². The summed E-state index contributed by atoms with van der Waals surface area (Å²) in [5.74, 6) is 0.000000000000000666. The van der Waals surface area contributed by atoms with Crippen LogP contribution in [0.15, 0.2) is 36.4 Å². The van der Waals surface area contributed by atoms with E-state index in [4.69, 9.17) is 52.6 Å². The van der Waals surface area contributed by atoms with Gasteiger partial charge in [-0.2, -0.15) is 0 Å². The maximum Gasteiger partial charge on any atom is 2.00 e. The van der Waals surface area contributed by atoms with Crippen molar-refractivity contribution in [3.8, 4) is 0 Å². The first-order chi connectivity index (χ1) is 19.2. The van der Waals surface area contributed by atoms with E-state index in [1.165, 1.54) is 13.8 Å². The predicted molar refractivity (Wildman–Crippen MR) is 134 cm³/mol. The smallest absolute Gasteiger partial charge is 0.315 e. The first-order valence-electron chi connectivity index (χ1n) is 12.7. The minimum atomic E-state index is -4.94. The summed E-state index contributed by atoms with van der Waals surface area (Å²) in [5, 5.41) is 8.94. The van der Waals surface area contributed by atoms with Gasteiger partial charge in [0.2, 0.25) is 5.91 Å². The molecule has 0 saturated carbocycles. The van der Waals surface area contributed by atoms with Crippen molar-refractivity contribution in [1.82, 2.24) is 25.1 Å². The van der Waals surface area contributed by atoms with Crippen LogP contribution in [-0.2, 0) is 48.0 Å².